The van der Waals surface area contributed by atoms with Crippen molar-refractivity contribution in [3.63, 3.8) is 0 Å². The van der Waals surface area contributed by atoms with Crippen molar-refractivity contribution >= 4 is 11.8 Å². The number of nitrogens with one attached hydrogen (secondary N) is 1. The molecule has 1 atom stereocenters. The molecule has 166 valence electrons. The standard InChI is InChI=1S/C24H30N2O5/c1-24(23(28)25-15-17-7-5-8-19(11-17)29-2)9-6-10-26(16-24)22(27)18-12-20(30-3)14-21(13-18)31-4/h5,7-8,11-14H,6,9-10,15-16H2,1-4H3,(H,25,28)/t24-/m0/s1. The molecule has 0 unspecified atom stereocenters. The number of carbonyl (C=O) groups is 2. The Kier molecular flexibility index (Phi) is 7.05. The summed E-state index contributed by atoms with van der Waals surface area (Å²) in [4.78, 5) is 27.9. The zero-order valence-electron chi connectivity index (χ0n) is 18.6. The molecule has 1 saturated heterocycles. The summed E-state index contributed by atoms with van der Waals surface area (Å²) in [6.07, 6.45) is 1.48. The summed E-state index contributed by atoms with van der Waals surface area (Å²) in [5, 5.41) is 3.02. The minimum absolute atomic E-state index is 0.0592. The van der Waals surface area contributed by atoms with Crippen molar-refractivity contribution in [2.75, 3.05) is 34.4 Å². The highest BCUT2D eigenvalue weighted by Crippen LogP contribution is 2.32. The molecule has 3 rings (SSSR count). The Bertz CT molecular complexity index is 923. The lowest BCUT2D eigenvalue weighted by Crippen LogP contribution is -2.51. The molecule has 0 aliphatic carbocycles. The molecule has 2 amide bonds. The monoisotopic (exact) mass is 426 g/mol. The number of amides is 2. The molecule has 0 spiro atoms. The normalized spacial score (nSPS) is 18.3. The Hall–Kier alpha value is -3.22. The number of carbonyl (C=O) groups excluding carboxylic acids is 2. The van der Waals surface area contributed by atoms with Crippen LogP contribution in [0.3, 0.4) is 0 Å². The molecule has 1 N–H and O–H groups in total. The maximum Gasteiger partial charge on any atom is 0.254 e. The van der Waals surface area contributed by atoms with E-state index in [4.69, 9.17) is 14.2 Å². The van der Waals surface area contributed by atoms with Crippen LogP contribution in [0, 0.1) is 5.41 Å². The number of piperidine rings is 1. The van der Waals surface area contributed by atoms with Crippen molar-refractivity contribution in [2.45, 2.75) is 26.3 Å². The van der Waals surface area contributed by atoms with Crippen LogP contribution < -0.4 is 19.5 Å². The van der Waals surface area contributed by atoms with E-state index in [1.807, 2.05) is 31.2 Å². The van der Waals surface area contributed by atoms with Gasteiger partial charge in [-0.05, 0) is 49.6 Å². The van der Waals surface area contributed by atoms with E-state index in [2.05, 4.69) is 5.32 Å². The minimum atomic E-state index is -0.657. The Morgan fingerprint density at radius 3 is 2.32 bits per heavy atom. The average molecular weight is 427 g/mol. The Balaban J connectivity index is 1.69. The molecule has 7 nitrogen and oxygen atoms in total. The second-order valence-corrected chi connectivity index (χ2v) is 8.03. The highest BCUT2D eigenvalue weighted by atomic mass is 16.5. The van der Waals surface area contributed by atoms with Gasteiger partial charge in [0.05, 0.1) is 26.7 Å². The van der Waals surface area contributed by atoms with Crippen molar-refractivity contribution in [3.8, 4) is 17.2 Å². The van der Waals surface area contributed by atoms with E-state index in [0.29, 0.717) is 36.7 Å². The number of rotatable bonds is 7. The van der Waals surface area contributed by atoms with Gasteiger partial charge < -0.3 is 24.4 Å². The average Bonchev–Trinajstić information content (AvgIpc) is 2.81. The van der Waals surface area contributed by atoms with Crippen LogP contribution in [0.2, 0.25) is 0 Å². The maximum absolute atomic E-state index is 13.2. The zero-order valence-corrected chi connectivity index (χ0v) is 18.6. The molecule has 0 bridgehead atoms. The summed E-state index contributed by atoms with van der Waals surface area (Å²) >= 11 is 0. The third-order valence-corrected chi connectivity index (χ3v) is 5.72. The molecule has 31 heavy (non-hydrogen) atoms. The van der Waals surface area contributed by atoms with Crippen molar-refractivity contribution in [3.05, 3.63) is 53.6 Å². The second-order valence-electron chi connectivity index (χ2n) is 8.03. The maximum atomic E-state index is 13.2. The lowest BCUT2D eigenvalue weighted by molar-refractivity contribution is -0.132. The van der Waals surface area contributed by atoms with Gasteiger partial charge in [-0.15, -0.1) is 0 Å². The quantitative estimate of drug-likeness (QED) is 0.735. The van der Waals surface area contributed by atoms with Gasteiger partial charge in [-0.3, -0.25) is 9.59 Å². The highest BCUT2D eigenvalue weighted by Gasteiger charge is 2.39. The summed E-state index contributed by atoms with van der Waals surface area (Å²) < 4.78 is 15.8. The smallest absolute Gasteiger partial charge is 0.254 e. The molecule has 1 fully saturated rings. The number of ether oxygens (including phenoxy) is 3. The van der Waals surface area contributed by atoms with E-state index in [1.54, 1.807) is 44.4 Å². The van der Waals surface area contributed by atoms with Crippen LogP contribution in [-0.2, 0) is 11.3 Å². The number of likely N-dealkylation sites (tertiary alicyclic amines) is 1. The largest absolute Gasteiger partial charge is 0.497 e. The molecule has 2 aromatic carbocycles. The van der Waals surface area contributed by atoms with Gasteiger partial charge >= 0.3 is 0 Å². The van der Waals surface area contributed by atoms with E-state index >= 15 is 0 Å². The Morgan fingerprint density at radius 1 is 1.00 bits per heavy atom. The summed E-state index contributed by atoms with van der Waals surface area (Å²) in [5.74, 6) is 1.66. The second kappa shape index (κ2) is 9.73. The van der Waals surface area contributed by atoms with E-state index in [0.717, 1.165) is 24.2 Å². The number of nitrogens with zero attached hydrogens (tertiary/aromatic N) is 1. The predicted octanol–water partition coefficient (Wildman–Crippen LogP) is 3.27. The molecular weight excluding hydrogens is 396 g/mol. The van der Waals surface area contributed by atoms with Gasteiger partial charge in [-0.2, -0.15) is 0 Å². The summed E-state index contributed by atoms with van der Waals surface area (Å²) in [6.45, 7) is 3.29. The lowest BCUT2D eigenvalue weighted by Gasteiger charge is -2.39. The molecule has 7 heteroatoms. The fourth-order valence-corrected chi connectivity index (χ4v) is 3.89. The molecule has 0 radical (unpaired) electrons. The zero-order chi connectivity index (χ0) is 22.4. The third-order valence-electron chi connectivity index (χ3n) is 5.72. The van der Waals surface area contributed by atoms with Gasteiger partial charge in [0, 0.05) is 31.3 Å². The highest BCUT2D eigenvalue weighted by molar-refractivity contribution is 5.96. The van der Waals surface area contributed by atoms with Gasteiger partial charge in [0.15, 0.2) is 0 Å². The fourth-order valence-electron chi connectivity index (χ4n) is 3.89. The molecule has 2 aromatic rings. The van der Waals surface area contributed by atoms with Crippen LogP contribution in [0.4, 0.5) is 0 Å². The molecule has 1 aliphatic heterocycles. The van der Waals surface area contributed by atoms with Gasteiger partial charge in [0.1, 0.15) is 17.2 Å². The fraction of sp³-hybridized carbons (Fsp3) is 0.417. The van der Waals surface area contributed by atoms with Gasteiger partial charge in [-0.25, -0.2) is 0 Å². The van der Waals surface area contributed by atoms with Crippen LogP contribution in [0.25, 0.3) is 0 Å². The van der Waals surface area contributed by atoms with E-state index < -0.39 is 5.41 Å². The van der Waals surface area contributed by atoms with E-state index in [-0.39, 0.29) is 11.8 Å². The molecule has 1 aliphatic rings. The molecule has 0 saturated carbocycles. The Morgan fingerprint density at radius 2 is 1.68 bits per heavy atom. The van der Waals surface area contributed by atoms with Crippen LogP contribution in [0.15, 0.2) is 42.5 Å². The molecule has 0 aromatic heterocycles. The first-order valence-corrected chi connectivity index (χ1v) is 10.3. The van der Waals surface area contributed by atoms with Crippen molar-refractivity contribution in [1.82, 2.24) is 10.2 Å². The van der Waals surface area contributed by atoms with Crippen LogP contribution >= 0.6 is 0 Å². The predicted molar refractivity (Wildman–Crippen MR) is 118 cm³/mol. The van der Waals surface area contributed by atoms with Crippen LogP contribution in [-0.4, -0.2) is 51.1 Å². The van der Waals surface area contributed by atoms with Crippen LogP contribution in [0.1, 0.15) is 35.7 Å². The third kappa shape index (κ3) is 5.29. The number of benzene rings is 2. The van der Waals surface area contributed by atoms with E-state index in [1.165, 1.54) is 0 Å². The number of methoxy groups -OCH3 is 3. The first-order chi connectivity index (χ1) is 14.9. The Labute approximate surface area is 183 Å². The summed E-state index contributed by atoms with van der Waals surface area (Å²) in [7, 11) is 4.71. The van der Waals surface area contributed by atoms with Gasteiger partial charge in [-0.1, -0.05) is 12.1 Å². The number of hydrogen-bond donors (Lipinski definition) is 1. The van der Waals surface area contributed by atoms with Gasteiger partial charge in [0.25, 0.3) is 5.91 Å². The van der Waals surface area contributed by atoms with E-state index in [9.17, 15) is 9.59 Å². The lowest BCUT2D eigenvalue weighted by atomic mass is 9.80. The SMILES string of the molecule is COc1cccc(CNC(=O)[C@@]2(C)CCCN(C(=O)c3cc(OC)cc(OC)c3)C2)c1. The summed E-state index contributed by atoms with van der Waals surface area (Å²) in [5.41, 5.74) is 0.788. The molecular formula is C24H30N2O5. The first-order valence-electron chi connectivity index (χ1n) is 10.3. The van der Waals surface area contributed by atoms with Crippen molar-refractivity contribution < 1.29 is 23.8 Å². The topological polar surface area (TPSA) is 77.1 Å². The van der Waals surface area contributed by atoms with Gasteiger partial charge in [0.2, 0.25) is 5.91 Å². The van der Waals surface area contributed by atoms with Crippen LogP contribution in [0.5, 0.6) is 17.2 Å². The molecule has 1 heterocycles. The van der Waals surface area contributed by atoms with Crippen molar-refractivity contribution in [1.29, 1.82) is 0 Å². The summed E-state index contributed by atoms with van der Waals surface area (Å²) in [6, 6.07) is 12.7. The first kappa shape index (κ1) is 22.5. The number of hydrogen-bond acceptors (Lipinski definition) is 5. The van der Waals surface area contributed by atoms with Crippen molar-refractivity contribution in [2.24, 2.45) is 5.41 Å². The minimum Gasteiger partial charge on any atom is -0.497 e.